The third kappa shape index (κ3) is 3.93. The third-order valence-electron chi connectivity index (χ3n) is 4.91. The fourth-order valence-electron chi connectivity index (χ4n) is 3.39. The Morgan fingerprint density at radius 3 is 2.70 bits per heavy atom. The lowest BCUT2D eigenvalue weighted by molar-refractivity contribution is 0.0951. The first-order valence-electron chi connectivity index (χ1n) is 9.65. The van der Waals surface area contributed by atoms with Gasteiger partial charge in [0.1, 0.15) is 0 Å². The SMILES string of the molecule is CCn1c(=O)[nH]c2cc(C(=O)NCc3cccc(Cn4cccn4)c3)ccc2c1=O. The van der Waals surface area contributed by atoms with Crippen LogP contribution in [0.15, 0.2) is 70.5 Å². The number of aromatic nitrogens is 4. The van der Waals surface area contributed by atoms with E-state index in [1.54, 1.807) is 25.3 Å². The number of fused-ring (bicyclic) bond motifs is 1. The maximum atomic E-state index is 12.6. The minimum absolute atomic E-state index is 0.283. The average Bonchev–Trinajstić information content (AvgIpc) is 3.25. The zero-order valence-corrected chi connectivity index (χ0v) is 16.5. The second-order valence-electron chi connectivity index (χ2n) is 6.95. The van der Waals surface area contributed by atoms with Crippen LogP contribution in [0.5, 0.6) is 0 Å². The van der Waals surface area contributed by atoms with E-state index in [0.29, 0.717) is 29.6 Å². The van der Waals surface area contributed by atoms with E-state index in [0.717, 1.165) is 15.7 Å². The summed E-state index contributed by atoms with van der Waals surface area (Å²) >= 11 is 0. The summed E-state index contributed by atoms with van der Waals surface area (Å²) in [7, 11) is 0. The number of hydrogen-bond acceptors (Lipinski definition) is 4. The number of benzene rings is 2. The minimum atomic E-state index is -0.485. The second-order valence-corrected chi connectivity index (χ2v) is 6.95. The molecule has 0 saturated heterocycles. The molecule has 0 bridgehead atoms. The molecule has 8 heteroatoms. The molecular weight excluding hydrogens is 382 g/mol. The summed E-state index contributed by atoms with van der Waals surface area (Å²) in [4.78, 5) is 39.6. The van der Waals surface area contributed by atoms with Crippen molar-refractivity contribution in [2.45, 2.75) is 26.6 Å². The van der Waals surface area contributed by atoms with E-state index in [4.69, 9.17) is 0 Å². The molecule has 2 aromatic carbocycles. The lowest BCUT2D eigenvalue weighted by Crippen LogP contribution is -2.34. The Balaban J connectivity index is 1.50. The van der Waals surface area contributed by atoms with Crippen molar-refractivity contribution in [3.8, 4) is 0 Å². The Morgan fingerprint density at radius 2 is 1.93 bits per heavy atom. The third-order valence-corrected chi connectivity index (χ3v) is 4.91. The fourth-order valence-corrected chi connectivity index (χ4v) is 3.39. The Hall–Kier alpha value is -3.94. The summed E-state index contributed by atoms with van der Waals surface area (Å²) in [6, 6.07) is 14.5. The highest BCUT2D eigenvalue weighted by atomic mass is 16.2. The molecule has 30 heavy (non-hydrogen) atoms. The molecule has 2 N–H and O–H groups in total. The molecule has 0 atom stereocenters. The second kappa shape index (κ2) is 8.20. The molecule has 0 spiro atoms. The molecule has 1 amide bonds. The van der Waals surface area contributed by atoms with Crippen LogP contribution < -0.4 is 16.6 Å². The van der Waals surface area contributed by atoms with E-state index in [1.807, 2.05) is 41.2 Å². The van der Waals surface area contributed by atoms with Crippen LogP contribution in [0.3, 0.4) is 0 Å². The summed E-state index contributed by atoms with van der Waals surface area (Å²) in [5, 5.41) is 7.46. The minimum Gasteiger partial charge on any atom is -0.348 e. The topological polar surface area (TPSA) is 102 Å². The summed E-state index contributed by atoms with van der Waals surface area (Å²) in [5.74, 6) is -0.283. The molecule has 152 valence electrons. The normalized spacial score (nSPS) is 11.0. The van der Waals surface area contributed by atoms with Gasteiger partial charge in [-0.2, -0.15) is 5.10 Å². The Labute approximate surface area is 171 Å². The highest BCUT2D eigenvalue weighted by molar-refractivity contribution is 5.97. The first-order chi connectivity index (χ1) is 14.5. The molecule has 0 aliphatic heterocycles. The van der Waals surface area contributed by atoms with E-state index >= 15 is 0 Å². The fraction of sp³-hybridized carbons (Fsp3) is 0.182. The molecule has 0 fully saturated rings. The molecule has 0 radical (unpaired) electrons. The van der Waals surface area contributed by atoms with E-state index in [1.165, 1.54) is 6.07 Å². The first-order valence-corrected chi connectivity index (χ1v) is 9.65. The van der Waals surface area contributed by atoms with Gasteiger partial charge in [0.25, 0.3) is 11.5 Å². The molecule has 8 nitrogen and oxygen atoms in total. The quantitative estimate of drug-likeness (QED) is 0.513. The van der Waals surface area contributed by atoms with Gasteiger partial charge in [-0.1, -0.05) is 24.3 Å². The number of nitrogens with one attached hydrogen (secondary N) is 2. The van der Waals surface area contributed by atoms with Gasteiger partial charge in [-0.15, -0.1) is 0 Å². The first kappa shape index (κ1) is 19.4. The Kier molecular flexibility index (Phi) is 5.30. The number of nitrogens with zero attached hydrogens (tertiary/aromatic N) is 3. The van der Waals surface area contributed by atoms with Crippen LogP contribution in [0.4, 0.5) is 0 Å². The van der Waals surface area contributed by atoms with Crippen LogP contribution in [-0.2, 0) is 19.6 Å². The molecule has 2 heterocycles. The summed E-state index contributed by atoms with van der Waals surface area (Å²) in [6.45, 7) is 3.03. The molecule has 0 saturated carbocycles. The summed E-state index contributed by atoms with van der Waals surface area (Å²) in [6.07, 6.45) is 3.63. The predicted octanol–water partition coefficient (Wildman–Crippen LogP) is 1.88. The van der Waals surface area contributed by atoms with Crippen molar-refractivity contribution in [3.05, 3.63) is 98.5 Å². The molecular formula is C22H21N5O3. The van der Waals surface area contributed by atoms with Gasteiger partial charge in [0.2, 0.25) is 0 Å². The van der Waals surface area contributed by atoms with Crippen LogP contribution in [0.1, 0.15) is 28.4 Å². The molecule has 0 aliphatic rings. The summed E-state index contributed by atoms with van der Waals surface area (Å²) in [5.41, 5.74) is 1.93. The van der Waals surface area contributed by atoms with Gasteiger partial charge in [0.15, 0.2) is 0 Å². The highest BCUT2D eigenvalue weighted by Gasteiger charge is 2.11. The van der Waals surface area contributed by atoms with E-state index < -0.39 is 5.69 Å². The van der Waals surface area contributed by atoms with Gasteiger partial charge < -0.3 is 10.3 Å². The predicted molar refractivity (Wildman–Crippen MR) is 113 cm³/mol. The van der Waals surface area contributed by atoms with E-state index in [-0.39, 0.29) is 18.0 Å². The Morgan fingerprint density at radius 1 is 1.10 bits per heavy atom. The van der Waals surface area contributed by atoms with E-state index in [9.17, 15) is 14.4 Å². The van der Waals surface area contributed by atoms with E-state index in [2.05, 4.69) is 15.4 Å². The molecule has 4 rings (SSSR count). The van der Waals surface area contributed by atoms with Gasteiger partial charge in [0, 0.05) is 31.0 Å². The molecule has 2 aromatic heterocycles. The van der Waals surface area contributed by atoms with Crippen molar-refractivity contribution in [2.24, 2.45) is 0 Å². The lowest BCUT2D eigenvalue weighted by atomic mass is 10.1. The van der Waals surface area contributed by atoms with Crippen molar-refractivity contribution in [1.82, 2.24) is 24.6 Å². The number of carbonyl (C=O) groups is 1. The number of aromatic amines is 1. The monoisotopic (exact) mass is 403 g/mol. The number of H-pyrrole nitrogens is 1. The van der Waals surface area contributed by atoms with Crippen LogP contribution in [0, 0.1) is 0 Å². The van der Waals surface area contributed by atoms with Gasteiger partial charge in [-0.25, -0.2) is 4.79 Å². The van der Waals surface area contributed by atoms with Crippen molar-refractivity contribution in [3.63, 3.8) is 0 Å². The number of carbonyl (C=O) groups excluding carboxylic acids is 1. The van der Waals surface area contributed by atoms with Crippen LogP contribution in [-0.4, -0.2) is 25.2 Å². The van der Waals surface area contributed by atoms with Crippen molar-refractivity contribution in [2.75, 3.05) is 0 Å². The van der Waals surface area contributed by atoms with Gasteiger partial charge in [-0.05, 0) is 42.3 Å². The maximum absolute atomic E-state index is 12.6. The lowest BCUT2D eigenvalue weighted by Gasteiger charge is -2.09. The van der Waals surface area contributed by atoms with Crippen LogP contribution in [0.2, 0.25) is 0 Å². The summed E-state index contributed by atoms with van der Waals surface area (Å²) < 4.78 is 2.96. The molecule has 0 aliphatic carbocycles. The Bertz CT molecular complexity index is 1320. The molecule has 4 aromatic rings. The molecule has 0 unspecified atom stereocenters. The standard InChI is InChI=1S/C22H21N5O3/c1-2-27-21(29)18-8-7-17(12-19(18)25-22(27)30)20(28)23-13-15-5-3-6-16(11-15)14-26-10-4-9-24-26/h3-12H,2,13-14H2,1H3,(H,23,28)(H,25,30). The highest BCUT2D eigenvalue weighted by Crippen LogP contribution is 2.11. The van der Waals surface area contributed by atoms with Crippen LogP contribution >= 0.6 is 0 Å². The van der Waals surface area contributed by atoms with Crippen LogP contribution in [0.25, 0.3) is 10.9 Å². The average molecular weight is 403 g/mol. The van der Waals surface area contributed by atoms with Gasteiger partial charge in [-0.3, -0.25) is 18.8 Å². The van der Waals surface area contributed by atoms with Crippen molar-refractivity contribution >= 4 is 16.8 Å². The van der Waals surface area contributed by atoms with Gasteiger partial charge in [0.05, 0.1) is 17.4 Å². The number of hydrogen-bond donors (Lipinski definition) is 2. The largest absolute Gasteiger partial charge is 0.348 e. The smallest absolute Gasteiger partial charge is 0.328 e. The number of amides is 1. The van der Waals surface area contributed by atoms with Crippen molar-refractivity contribution in [1.29, 1.82) is 0 Å². The van der Waals surface area contributed by atoms with Crippen molar-refractivity contribution < 1.29 is 4.79 Å². The maximum Gasteiger partial charge on any atom is 0.328 e. The number of rotatable bonds is 6. The zero-order chi connectivity index (χ0) is 21.1. The van der Waals surface area contributed by atoms with Gasteiger partial charge >= 0.3 is 5.69 Å². The zero-order valence-electron chi connectivity index (χ0n) is 16.5.